The van der Waals surface area contributed by atoms with Crippen molar-refractivity contribution in [1.82, 2.24) is 5.32 Å². The molecule has 1 aromatic rings. The van der Waals surface area contributed by atoms with Crippen LogP contribution in [0.4, 0.5) is 5.69 Å². The summed E-state index contributed by atoms with van der Waals surface area (Å²) in [5.41, 5.74) is 0.802. The van der Waals surface area contributed by atoms with Gasteiger partial charge in [-0.1, -0.05) is 18.2 Å². The van der Waals surface area contributed by atoms with E-state index in [2.05, 4.69) is 10.6 Å². The van der Waals surface area contributed by atoms with E-state index >= 15 is 0 Å². The average Bonchev–Trinajstić information content (AvgIpc) is 2.31. The molecule has 2 rings (SSSR count). The number of para-hydroxylation sites is 1. The highest BCUT2D eigenvalue weighted by Crippen LogP contribution is 2.07. The molecule has 4 nitrogen and oxygen atoms in total. The van der Waals surface area contributed by atoms with Crippen LogP contribution in [0.2, 0.25) is 0 Å². The van der Waals surface area contributed by atoms with Gasteiger partial charge in [0.05, 0.1) is 6.61 Å². The molecule has 1 heterocycles. The molecular formula is C11H15ClN2O2. The molecule has 1 fully saturated rings. The number of halogens is 1. The molecule has 88 valence electrons. The number of rotatable bonds is 2. The Morgan fingerprint density at radius 1 is 1.38 bits per heavy atom. The first-order valence-corrected chi connectivity index (χ1v) is 5.04. The molecule has 1 saturated heterocycles. The quantitative estimate of drug-likeness (QED) is 0.815. The van der Waals surface area contributed by atoms with Crippen molar-refractivity contribution in [2.24, 2.45) is 0 Å². The van der Waals surface area contributed by atoms with Crippen molar-refractivity contribution in [3.63, 3.8) is 0 Å². The fraction of sp³-hybridized carbons (Fsp3) is 0.364. The number of nitrogens with one attached hydrogen (secondary N) is 2. The van der Waals surface area contributed by atoms with Crippen molar-refractivity contribution in [2.75, 3.05) is 25.0 Å². The summed E-state index contributed by atoms with van der Waals surface area (Å²) >= 11 is 0. The van der Waals surface area contributed by atoms with Gasteiger partial charge in [-0.3, -0.25) is 4.79 Å². The van der Waals surface area contributed by atoms with Crippen LogP contribution in [-0.2, 0) is 9.53 Å². The fourth-order valence-corrected chi connectivity index (χ4v) is 1.48. The Labute approximate surface area is 101 Å². The summed E-state index contributed by atoms with van der Waals surface area (Å²) in [7, 11) is 0. The number of carbonyl (C=O) groups is 1. The third-order valence-electron chi connectivity index (χ3n) is 2.26. The van der Waals surface area contributed by atoms with Crippen LogP contribution in [0.1, 0.15) is 0 Å². The molecule has 1 aromatic carbocycles. The third-order valence-corrected chi connectivity index (χ3v) is 2.26. The summed E-state index contributed by atoms with van der Waals surface area (Å²) in [5, 5.41) is 5.92. The highest BCUT2D eigenvalue weighted by atomic mass is 35.5. The zero-order valence-electron chi connectivity index (χ0n) is 8.81. The lowest BCUT2D eigenvalue weighted by Gasteiger charge is -2.22. The van der Waals surface area contributed by atoms with Gasteiger partial charge in [0.15, 0.2) is 0 Å². The molecule has 0 saturated carbocycles. The van der Waals surface area contributed by atoms with Gasteiger partial charge in [-0.25, -0.2) is 0 Å². The number of amides is 1. The molecule has 5 heteroatoms. The van der Waals surface area contributed by atoms with E-state index in [1.54, 1.807) is 0 Å². The van der Waals surface area contributed by atoms with E-state index in [0.717, 1.165) is 12.2 Å². The van der Waals surface area contributed by atoms with Crippen LogP contribution in [0.15, 0.2) is 30.3 Å². The maximum Gasteiger partial charge on any atom is 0.254 e. The molecule has 1 aliphatic heterocycles. The molecule has 0 radical (unpaired) electrons. The lowest BCUT2D eigenvalue weighted by atomic mass is 10.2. The number of hydrogen-bond acceptors (Lipinski definition) is 3. The number of ether oxygens (including phenoxy) is 1. The van der Waals surface area contributed by atoms with Crippen molar-refractivity contribution in [3.8, 4) is 0 Å². The lowest BCUT2D eigenvalue weighted by Crippen LogP contribution is -2.45. The van der Waals surface area contributed by atoms with Crippen LogP contribution in [0.3, 0.4) is 0 Å². The zero-order chi connectivity index (χ0) is 10.5. The Balaban J connectivity index is 0.00000128. The van der Waals surface area contributed by atoms with Crippen LogP contribution in [0.5, 0.6) is 0 Å². The zero-order valence-corrected chi connectivity index (χ0v) is 9.63. The first-order chi connectivity index (χ1) is 7.36. The highest BCUT2D eigenvalue weighted by molar-refractivity contribution is 5.94. The first kappa shape index (κ1) is 13.0. The average molecular weight is 243 g/mol. The Bertz CT molecular complexity index is 326. The highest BCUT2D eigenvalue weighted by Gasteiger charge is 2.21. The number of hydrogen-bond donors (Lipinski definition) is 2. The van der Waals surface area contributed by atoms with E-state index < -0.39 is 0 Å². The second-order valence-corrected chi connectivity index (χ2v) is 3.42. The second kappa shape index (κ2) is 6.48. The summed E-state index contributed by atoms with van der Waals surface area (Å²) < 4.78 is 5.34. The number of anilines is 1. The van der Waals surface area contributed by atoms with Gasteiger partial charge in [-0.15, -0.1) is 12.4 Å². The minimum atomic E-state index is -0.376. The molecule has 0 bridgehead atoms. The van der Waals surface area contributed by atoms with E-state index in [-0.39, 0.29) is 24.4 Å². The minimum Gasteiger partial charge on any atom is -0.366 e. The maximum atomic E-state index is 11.7. The largest absolute Gasteiger partial charge is 0.366 e. The maximum absolute atomic E-state index is 11.7. The predicted molar refractivity (Wildman–Crippen MR) is 64.9 cm³/mol. The van der Waals surface area contributed by atoms with Gasteiger partial charge in [-0.2, -0.15) is 0 Å². The lowest BCUT2D eigenvalue weighted by molar-refractivity contribution is -0.128. The molecule has 0 aliphatic carbocycles. The van der Waals surface area contributed by atoms with E-state index in [1.165, 1.54) is 0 Å². The van der Waals surface area contributed by atoms with Crippen molar-refractivity contribution < 1.29 is 9.53 Å². The Morgan fingerprint density at radius 3 is 2.75 bits per heavy atom. The second-order valence-electron chi connectivity index (χ2n) is 3.42. The van der Waals surface area contributed by atoms with Gasteiger partial charge in [-0.05, 0) is 12.1 Å². The van der Waals surface area contributed by atoms with Crippen molar-refractivity contribution in [3.05, 3.63) is 30.3 Å². The van der Waals surface area contributed by atoms with Gasteiger partial charge in [0.25, 0.3) is 5.91 Å². The molecular weight excluding hydrogens is 228 g/mol. The summed E-state index contributed by atoms with van der Waals surface area (Å²) in [4.78, 5) is 11.7. The van der Waals surface area contributed by atoms with Crippen LogP contribution in [-0.4, -0.2) is 31.7 Å². The van der Waals surface area contributed by atoms with Gasteiger partial charge < -0.3 is 15.4 Å². The number of benzene rings is 1. The third kappa shape index (κ3) is 3.48. The summed E-state index contributed by atoms with van der Waals surface area (Å²) in [6.07, 6.45) is -0.376. The molecule has 1 atom stereocenters. The van der Waals surface area contributed by atoms with Crippen molar-refractivity contribution >= 4 is 24.0 Å². The number of morpholine rings is 1. The summed E-state index contributed by atoms with van der Waals surface area (Å²) in [5.74, 6) is -0.0894. The van der Waals surface area contributed by atoms with Crippen LogP contribution in [0, 0.1) is 0 Å². The minimum absolute atomic E-state index is 0. The Hall–Kier alpha value is -1.10. The molecule has 1 aliphatic rings. The molecule has 16 heavy (non-hydrogen) atoms. The first-order valence-electron chi connectivity index (χ1n) is 5.04. The van der Waals surface area contributed by atoms with Gasteiger partial charge in [0, 0.05) is 18.8 Å². The van der Waals surface area contributed by atoms with E-state index in [9.17, 15) is 4.79 Å². The van der Waals surface area contributed by atoms with E-state index in [0.29, 0.717) is 13.2 Å². The Kier molecular flexibility index (Phi) is 5.25. The summed E-state index contributed by atoms with van der Waals surface area (Å²) in [6.45, 7) is 1.99. The van der Waals surface area contributed by atoms with Crippen molar-refractivity contribution in [1.29, 1.82) is 0 Å². The van der Waals surface area contributed by atoms with Crippen LogP contribution in [0.25, 0.3) is 0 Å². The number of carbonyl (C=O) groups excluding carboxylic acids is 1. The predicted octanol–water partition coefficient (Wildman–Crippen LogP) is 1.04. The van der Waals surface area contributed by atoms with Crippen LogP contribution >= 0.6 is 12.4 Å². The standard InChI is InChI=1S/C11H14N2O2.ClH/c14-11(10-8-12-6-7-15-10)13-9-4-2-1-3-5-9;/h1-5,10,12H,6-8H2,(H,13,14);1H/t10-;/m0./s1. The van der Waals surface area contributed by atoms with Gasteiger partial charge in [0.1, 0.15) is 6.10 Å². The Morgan fingerprint density at radius 2 is 2.12 bits per heavy atom. The molecule has 2 N–H and O–H groups in total. The molecule has 0 unspecified atom stereocenters. The van der Waals surface area contributed by atoms with E-state index in [4.69, 9.17) is 4.74 Å². The van der Waals surface area contributed by atoms with Gasteiger partial charge >= 0.3 is 0 Å². The fourth-order valence-electron chi connectivity index (χ4n) is 1.48. The summed E-state index contributed by atoms with van der Waals surface area (Å²) in [6, 6.07) is 9.39. The molecule has 0 aromatic heterocycles. The van der Waals surface area contributed by atoms with Gasteiger partial charge in [0.2, 0.25) is 0 Å². The normalized spacial score (nSPS) is 19.6. The van der Waals surface area contributed by atoms with Crippen LogP contribution < -0.4 is 10.6 Å². The van der Waals surface area contributed by atoms with E-state index in [1.807, 2.05) is 30.3 Å². The topological polar surface area (TPSA) is 50.4 Å². The molecule has 0 spiro atoms. The smallest absolute Gasteiger partial charge is 0.254 e. The monoisotopic (exact) mass is 242 g/mol. The molecule has 1 amide bonds. The SMILES string of the molecule is Cl.O=C(Nc1ccccc1)[C@@H]1CNCCO1. The van der Waals surface area contributed by atoms with Crippen molar-refractivity contribution in [2.45, 2.75) is 6.10 Å².